The smallest absolute Gasteiger partial charge is 0.452 e. The summed E-state index contributed by atoms with van der Waals surface area (Å²) in [4.78, 5) is 23.3. The highest BCUT2D eigenvalue weighted by Crippen LogP contribution is 2.42. The van der Waals surface area contributed by atoms with E-state index in [-0.39, 0.29) is 29.1 Å². The van der Waals surface area contributed by atoms with Crippen LogP contribution in [0.1, 0.15) is 55.4 Å². The van der Waals surface area contributed by atoms with E-state index in [1.807, 2.05) is 13.8 Å². The van der Waals surface area contributed by atoms with Crippen molar-refractivity contribution in [3.8, 4) is 0 Å². The van der Waals surface area contributed by atoms with Crippen LogP contribution in [-0.4, -0.2) is 27.1 Å². The molecule has 0 unspecified atom stereocenters. The first-order chi connectivity index (χ1) is 10.0. The lowest BCUT2D eigenvalue weighted by molar-refractivity contribution is 0.140. The zero-order chi connectivity index (χ0) is 17.5. The summed E-state index contributed by atoms with van der Waals surface area (Å²) in [6, 6.07) is 0. The van der Waals surface area contributed by atoms with Gasteiger partial charge in [0.1, 0.15) is 0 Å². The maximum atomic E-state index is 12.0. The molecule has 0 bridgehead atoms. The summed E-state index contributed by atoms with van der Waals surface area (Å²) in [5.41, 5.74) is 0.749. The van der Waals surface area contributed by atoms with Gasteiger partial charge in [0.05, 0.1) is 6.61 Å². The quantitative estimate of drug-likeness (QED) is 0.473. The Morgan fingerprint density at radius 2 is 1.23 bits per heavy atom. The van der Waals surface area contributed by atoms with Crippen LogP contribution in [0, 0.1) is 5.92 Å². The highest BCUT2D eigenvalue weighted by Gasteiger charge is 2.48. The van der Waals surface area contributed by atoms with E-state index in [9.17, 15) is 9.59 Å². The van der Waals surface area contributed by atoms with Gasteiger partial charge in [-0.2, -0.15) is 0 Å². The second-order valence-electron chi connectivity index (χ2n) is 6.86. The van der Waals surface area contributed by atoms with Gasteiger partial charge in [0.25, 0.3) is 8.32 Å². The summed E-state index contributed by atoms with van der Waals surface area (Å²) in [7, 11) is -2.35. The van der Waals surface area contributed by atoms with Crippen LogP contribution in [0.3, 0.4) is 0 Å². The minimum Gasteiger partial charge on any atom is -0.500 e. The van der Waals surface area contributed by atoms with Gasteiger partial charge < -0.3 is 9.16 Å². The molecule has 0 spiro atoms. The Hall–Kier alpha value is -1.24. The molecule has 0 saturated heterocycles. The number of hydrogen-bond acceptors (Lipinski definition) is 4. The van der Waals surface area contributed by atoms with Crippen LogP contribution in [0.4, 0.5) is 9.59 Å². The molecule has 128 valence electrons. The third kappa shape index (κ3) is 5.86. The Balaban J connectivity index is 4.88. The standard InChI is InChI=1S/C15H30N2O4Si/c1-10(2)9-20-14(18)16-17-15(19)21-22(11(3)4,12(5)6)13(7)8/h10-13H,9H2,1-8H3. The van der Waals surface area contributed by atoms with Gasteiger partial charge in [-0.25, -0.2) is 9.59 Å². The van der Waals surface area contributed by atoms with Gasteiger partial charge in [0, 0.05) is 0 Å². The topological polar surface area (TPSA) is 77.3 Å². The minimum atomic E-state index is -2.35. The highest BCUT2D eigenvalue weighted by molar-refractivity contribution is 6.78. The van der Waals surface area contributed by atoms with Crippen molar-refractivity contribution >= 4 is 20.5 Å². The molecule has 0 N–H and O–H groups in total. The van der Waals surface area contributed by atoms with E-state index in [2.05, 4.69) is 51.8 Å². The molecule has 7 heteroatoms. The van der Waals surface area contributed by atoms with Crippen LogP contribution in [0.15, 0.2) is 10.2 Å². The van der Waals surface area contributed by atoms with Gasteiger partial charge in [-0.3, -0.25) is 0 Å². The van der Waals surface area contributed by atoms with E-state index in [4.69, 9.17) is 9.16 Å². The van der Waals surface area contributed by atoms with Crippen molar-refractivity contribution in [3.05, 3.63) is 0 Å². The number of azo groups is 1. The zero-order valence-corrected chi connectivity index (χ0v) is 16.0. The number of ether oxygens (including phenoxy) is 1. The molecule has 0 aliphatic carbocycles. The molecule has 0 rings (SSSR count). The van der Waals surface area contributed by atoms with Gasteiger partial charge in [-0.05, 0) is 22.5 Å². The number of hydrogen-bond donors (Lipinski definition) is 0. The van der Waals surface area contributed by atoms with E-state index in [0.717, 1.165) is 0 Å². The SMILES string of the molecule is CC(C)COC(=O)N=NC(=O)O[Si](C(C)C)(C(C)C)C(C)C. The van der Waals surface area contributed by atoms with Crippen LogP contribution < -0.4 is 0 Å². The Kier molecular flexibility index (Phi) is 8.51. The maximum Gasteiger partial charge on any atom is 0.452 e. The number of nitrogens with zero attached hydrogens (tertiary/aromatic N) is 2. The molecule has 0 radical (unpaired) electrons. The fourth-order valence-electron chi connectivity index (χ4n) is 2.87. The summed E-state index contributed by atoms with van der Waals surface area (Å²) in [5, 5.41) is 6.63. The molecule has 0 fully saturated rings. The van der Waals surface area contributed by atoms with E-state index in [0.29, 0.717) is 0 Å². The van der Waals surface area contributed by atoms with Crippen molar-refractivity contribution in [2.45, 2.75) is 72.0 Å². The van der Waals surface area contributed by atoms with Crippen LogP contribution in [0.25, 0.3) is 0 Å². The summed E-state index contributed by atoms with van der Waals surface area (Å²) in [6.07, 6.45) is -1.67. The second kappa shape index (κ2) is 9.02. The largest absolute Gasteiger partial charge is 0.500 e. The number of carbonyl (C=O) groups excluding carboxylic acids is 2. The molecule has 0 aliphatic heterocycles. The minimum absolute atomic E-state index is 0.203. The Bertz CT molecular complexity index is 385. The van der Waals surface area contributed by atoms with Gasteiger partial charge >= 0.3 is 12.2 Å². The fraction of sp³-hybridized carbons (Fsp3) is 0.867. The number of amides is 2. The van der Waals surface area contributed by atoms with Gasteiger partial charge in [0.2, 0.25) is 0 Å². The van der Waals surface area contributed by atoms with Crippen molar-refractivity contribution in [3.63, 3.8) is 0 Å². The molecule has 0 aromatic rings. The first kappa shape index (κ1) is 20.8. The molecule has 0 aromatic heterocycles. The zero-order valence-electron chi connectivity index (χ0n) is 15.0. The van der Waals surface area contributed by atoms with Crippen LogP contribution in [0.5, 0.6) is 0 Å². The van der Waals surface area contributed by atoms with Crippen LogP contribution in [-0.2, 0) is 9.16 Å². The molecule has 0 atom stereocenters. The van der Waals surface area contributed by atoms with E-state index >= 15 is 0 Å². The molecule has 0 saturated carbocycles. The van der Waals surface area contributed by atoms with Gasteiger partial charge in [-0.15, -0.1) is 0 Å². The third-order valence-corrected chi connectivity index (χ3v) is 9.67. The monoisotopic (exact) mass is 330 g/mol. The molecular weight excluding hydrogens is 300 g/mol. The van der Waals surface area contributed by atoms with Crippen molar-refractivity contribution in [2.24, 2.45) is 16.1 Å². The Morgan fingerprint density at radius 3 is 1.59 bits per heavy atom. The lowest BCUT2D eigenvalue weighted by Gasteiger charge is -2.40. The lowest BCUT2D eigenvalue weighted by atomic mass is 10.2. The Morgan fingerprint density at radius 1 is 0.818 bits per heavy atom. The van der Waals surface area contributed by atoms with E-state index in [1.165, 1.54) is 0 Å². The predicted molar refractivity (Wildman–Crippen MR) is 88.6 cm³/mol. The van der Waals surface area contributed by atoms with Gasteiger partial charge in [0.15, 0.2) is 0 Å². The molecular formula is C15H30N2O4Si. The normalized spacial score (nSPS) is 12.7. The van der Waals surface area contributed by atoms with Crippen LogP contribution in [0.2, 0.25) is 16.6 Å². The summed E-state index contributed by atoms with van der Waals surface area (Å²) >= 11 is 0. The molecule has 2 amide bonds. The van der Waals surface area contributed by atoms with Crippen LogP contribution >= 0.6 is 0 Å². The van der Waals surface area contributed by atoms with E-state index < -0.39 is 20.5 Å². The lowest BCUT2D eigenvalue weighted by Crippen LogP contribution is -2.48. The van der Waals surface area contributed by atoms with Crippen molar-refractivity contribution in [2.75, 3.05) is 6.61 Å². The summed E-state index contributed by atoms with van der Waals surface area (Å²) < 4.78 is 10.6. The van der Waals surface area contributed by atoms with E-state index in [1.54, 1.807) is 0 Å². The number of carbonyl (C=O) groups is 2. The fourth-order valence-corrected chi connectivity index (χ4v) is 7.92. The summed E-state index contributed by atoms with van der Waals surface area (Å²) in [5.74, 6) is 0.203. The third-order valence-electron chi connectivity index (χ3n) is 3.72. The van der Waals surface area contributed by atoms with Gasteiger partial charge in [-0.1, -0.05) is 65.6 Å². The average molecular weight is 331 g/mol. The predicted octanol–water partition coefficient (Wildman–Crippen LogP) is 5.54. The first-order valence-electron chi connectivity index (χ1n) is 7.85. The second-order valence-corrected chi connectivity index (χ2v) is 12.2. The maximum absolute atomic E-state index is 12.0. The molecule has 0 heterocycles. The van der Waals surface area contributed by atoms with Crippen molar-refractivity contribution < 1.29 is 18.8 Å². The molecule has 22 heavy (non-hydrogen) atoms. The summed E-state index contributed by atoms with van der Waals surface area (Å²) in [6.45, 7) is 16.4. The first-order valence-corrected chi connectivity index (χ1v) is 9.99. The molecule has 0 aliphatic rings. The van der Waals surface area contributed by atoms with Crippen molar-refractivity contribution in [1.29, 1.82) is 0 Å². The molecule has 6 nitrogen and oxygen atoms in total. The van der Waals surface area contributed by atoms with Crippen molar-refractivity contribution in [1.82, 2.24) is 0 Å². The number of rotatable bonds is 6. The highest BCUT2D eigenvalue weighted by atomic mass is 28.4. The molecule has 0 aromatic carbocycles. The Labute approximate surface area is 134 Å². The average Bonchev–Trinajstić information content (AvgIpc) is 2.38.